The number of amides is 1. The zero-order valence-corrected chi connectivity index (χ0v) is 20.2. The first-order valence-electron chi connectivity index (χ1n) is 11.7. The lowest BCUT2D eigenvalue weighted by Crippen LogP contribution is -2.47. The third-order valence-electron chi connectivity index (χ3n) is 6.39. The average molecular weight is 476 g/mol. The minimum atomic E-state index is -0.300. The number of fused-ring (bicyclic) bond motifs is 1. The second-order valence-corrected chi connectivity index (χ2v) is 8.68. The molecule has 0 atom stereocenters. The zero-order valence-electron chi connectivity index (χ0n) is 20.2. The van der Waals surface area contributed by atoms with Crippen LogP contribution in [0.2, 0.25) is 0 Å². The van der Waals surface area contributed by atoms with Crippen LogP contribution in [0, 0.1) is 13.8 Å². The van der Waals surface area contributed by atoms with E-state index in [4.69, 9.17) is 14.2 Å². The van der Waals surface area contributed by atoms with Gasteiger partial charge in [-0.3, -0.25) is 4.79 Å². The molecule has 0 radical (unpaired) electrons. The number of nitrogens with zero attached hydrogens (tertiary/aromatic N) is 4. The molecule has 9 nitrogen and oxygen atoms in total. The number of para-hydroxylation sites is 1. The molecule has 1 saturated heterocycles. The summed E-state index contributed by atoms with van der Waals surface area (Å²) >= 11 is 0. The van der Waals surface area contributed by atoms with Crippen molar-refractivity contribution in [2.75, 3.05) is 49.9 Å². The van der Waals surface area contributed by atoms with Gasteiger partial charge in [0.05, 0.1) is 7.11 Å². The molecule has 2 aromatic carbocycles. The van der Waals surface area contributed by atoms with Crippen molar-refractivity contribution in [3.63, 3.8) is 0 Å². The number of piperazine rings is 1. The molecule has 182 valence electrons. The van der Waals surface area contributed by atoms with Crippen molar-refractivity contribution in [1.82, 2.24) is 15.3 Å². The molecular weight excluding hydrogens is 446 g/mol. The Kier molecular flexibility index (Phi) is 6.31. The number of carbonyl (C=O) groups is 1. The van der Waals surface area contributed by atoms with Crippen molar-refractivity contribution >= 4 is 17.5 Å². The highest BCUT2D eigenvalue weighted by Gasteiger charge is 2.23. The Hall–Kier alpha value is -4.01. The summed E-state index contributed by atoms with van der Waals surface area (Å²) in [5, 5.41) is 2.90. The van der Waals surface area contributed by atoms with Crippen molar-refractivity contribution < 1.29 is 19.0 Å². The van der Waals surface area contributed by atoms with E-state index < -0.39 is 0 Å². The summed E-state index contributed by atoms with van der Waals surface area (Å²) < 4.78 is 16.2. The number of ether oxygens (including phenoxy) is 3. The monoisotopic (exact) mass is 475 g/mol. The summed E-state index contributed by atoms with van der Waals surface area (Å²) in [4.78, 5) is 26.4. The van der Waals surface area contributed by atoms with E-state index in [9.17, 15) is 4.79 Å². The highest BCUT2D eigenvalue weighted by atomic mass is 16.7. The van der Waals surface area contributed by atoms with E-state index >= 15 is 0 Å². The lowest BCUT2D eigenvalue weighted by molar-refractivity contribution is 0.0946. The van der Waals surface area contributed by atoms with Gasteiger partial charge in [0.1, 0.15) is 5.56 Å². The summed E-state index contributed by atoms with van der Waals surface area (Å²) in [6.45, 7) is 8.16. The topological polar surface area (TPSA) is 89.1 Å². The maximum absolute atomic E-state index is 12.8. The van der Waals surface area contributed by atoms with Gasteiger partial charge in [0.2, 0.25) is 18.6 Å². The predicted molar refractivity (Wildman–Crippen MR) is 133 cm³/mol. The Morgan fingerprint density at radius 2 is 1.74 bits per heavy atom. The summed E-state index contributed by atoms with van der Waals surface area (Å²) in [6.07, 6.45) is 1.54. The Morgan fingerprint density at radius 3 is 2.49 bits per heavy atom. The van der Waals surface area contributed by atoms with Crippen molar-refractivity contribution in [3.05, 3.63) is 64.8 Å². The summed E-state index contributed by atoms with van der Waals surface area (Å²) in [5.74, 6) is 1.91. The molecular formula is C26H29N5O4. The van der Waals surface area contributed by atoms with E-state index in [1.165, 1.54) is 30.1 Å². The number of aromatic nitrogens is 2. The molecule has 1 aromatic heterocycles. The molecule has 2 aliphatic rings. The van der Waals surface area contributed by atoms with Crippen LogP contribution in [0.5, 0.6) is 17.4 Å². The Balaban J connectivity index is 1.23. The van der Waals surface area contributed by atoms with Crippen LogP contribution in [0.25, 0.3) is 0 Å². The number of nitrogens with one attached hydrogen (secondary N) is 1. The number of benzene rings is 2. The predicted octanol–water partition coefficient (Wildman–Crippen LogP) is 3.09. The van der Waals surface area contributed by atoms with Crippen LogP contribution in [0.3, 0.4) is 0 Å². The second kappa shape index (κ2) is 9.69. The van der Waals surface area contributed by atoms with E-state index in [0.717, 1.165) is 31.7 Å². The first-order valence-corrected chi connectivity index (χ1v) is 11.7. The molecule has 5 rings (SSSR count). The molecule has 0 spiro atoms. The highest BCUT2D eigenvalue weighted by molar-refractivity contribution is 5.96. The van der Waals surface area contributed by atoms with Crippen molar-refractivity contribution in [1.29, 1.82) is 0 Å². The Bertz CT molecular complexity index is 1220. The number of rotatable bonds is 6. The summed E-state index contributed by atoms with van der Waals surface area (Å²) in [6, 6.07) is 12.0. The standard InChI is InChI=1S/C26H29N5O4/c1-17-5-4-6-18(2)23(17)30-9-11-31(12-10-30)26-28-15-20(25(29-26)33-3)24(32)27-14-19-7-8-21-22(13-19)35-16-34-21/h4-8,13,15H,9-12,14,16H2,1-3H3,(H,27,32). The summed E-state index contributed by atoms with van der Waals surface area (Å²) in [7, 11) is 1.51. The zero-order chi connectivity index (χ0) is 24.4. The van der Waals surface area contributed by atoms with Crippen LogP contribution in [0.15, 0.2) is 42.6 Å². The third-order valence-corrected chi connectivity index (χ3v) is 6.39. The van der Waals surface area contributed by atoms with Gasteiger partial charge >= 0.3 is 0 Å². The quantitative estimate of drug-likeness (QED) is 0.582. The Morgan fingerprint density at radius 1 is 1.03 bits per heavy atom. The van der Waals surface area contributed by atoms with E-state index in [0.29, 0.717) is 29.6 Å². The van der Waals surface area contributed by atoms with Gasteiger partial charge < -0.3 is 29.3 Å². The highest BCUT2D eigenvalue weighted by Crippen LogP contribution is 2.32. The molecule has 1 N–H and O–H groups in total. The summed E-state index contributed by atoms with van der Waals surface area (Å²) in [5.41, 5.74) is 5.08. The molecule has 0 aliphatic carbocycles. The third kappa shape index (κ3) is 4.66. The van der Waals surface area contributed by atoms with Crippen LogP contribution < -0.4 is 29.3 Å². The fraction of sp³-hybridized carbons (Fsp3) is 0.346. The minimum absolute atomic E-state index is 0.215. The smallest absolute Gasteiger partial charge is 0.258 e. The first-order chi connectivity index (χ1) is 17.0. The number of aryl methyl sites for hydroxylation is 2. The molecule has 0 unspecified atom stereocenters. The molecule has 2 aliphatic heterocycles. The van der Waals surface area contributed by atoms with Crippen LogP contribution in [0.1, 0.15) is 27.0 Å². The largest absolute Gasteiger partial charge is 0.480 e. The van der Waals surface area contributed by atoms with E-state index in [1.807, 2.05) is 18.2 Å². The first kappa shape index (κ1) is 22.8. The normalized spacial score (nSPS) is 14.7. The molecule has 0 saturated carbocycles. The second-order valence-electron chi connectivity index (χ2n) is 8.68. The fourth-order valence-electron chi connectivity index (χ4n) is 4.58. The van der Waals surface area contributed by atoms with Crippen molar-refractivity contribution in [2.45, 2.75) is 20.4 Å². The number of methoxy groups -OCH3 is 1. The van der Waals surface area contributed by atoms with E-state index in [1.54, 1.807) is 0 Å². The van der Waals surface area contributed by atoms with Crippen molar-refractivity contribution in [3.8, 4) is 17.4 Å². The van der Waals surface area contributed by atoms with Gasteiger partial charge in [0.25, 0.3) is 5.91 Å². The van der Waals surface area contributed by atoms with Crippen LogP contribution in [-0.4, -0.2) is 56.0 Å². The van der Waals surface area contributed by atoms with Gasteiger partial charge in [-0.25, -0.2) is 4.98 Å². The lowest BCUT2D eigenvalue weighted by atomic mass is 10.1. The van der Waals surface area contributed by atoms with Gasteiger partial charge in [-0.15, -0.1) is 0 Å². The lowest BCUT2D eigenvalue weighted by Gasteiger charge is -2.37. The van der Waals surface area contributed by atoms with E-state index in [-0.39, 0.29) is 18.6 Å². The van der Waals surface area contributed by atoms with Crippen molar-refractivity contribution in [2.24, 2.45) is 0 Å². The number of hydrogen-bond donors (Lipinski definition) is 1. The molecule has 9 heteroatoms. The van der Waals surface area contributed by atoms with Gasteiger partial charge in [0, 0.05) is 44.6 Å². The molecule has 35 heavy (non-hydrogen) atoms. The number of anilines is 2. The maximum atomic E-state index is 12.8. The SMILES string of the molecule is COc1nc(N2CCN(c3c(C)cccc3C)CC2)ncc1C(=O)NCc1ccc2c(c1)OCO2. The fourth-order valence-corrected chi connectivity index (χ4v) is 4.58. The van der Waals surface area contributed by atoms with Crippen LogP contribution in [0.4, 0.5) is 11.6 Å². The average Bonchev–Trinajstić information content (AvgIpc) is 3.35. The molecule has 0 bridgehead atoms. The molecule has 1 fully saturated rings. The maximum Gasteiger partial charge on any atom is 0.258 e. The van der Waals surface area contributed by atoms with E-state index in [2.05, 4.69) is 57.1 Å². The number of hydrogen-bond acceptors (Lipinski definition) is 8. The molecule has 1 amide bonds. The molecule has 3 heterocycles. The van der Waals surface area contributed by atoms with Gasteiger partial charge in [0.15, 0.2) is 11.5 Å². The van der Waals surface area contributed by atoms with Crippen LogP contribution in [-0.2, 0) is 6.54 Å². The van der Waals surface area contributed by atoms with Crippen LogP contribution >= 0.6 is 0 Å². The van der Waals surface area contributed by atoms with Gasteiger partial charge in [-0.1, -0.05) is 24.3 Å². The Labute approximate surface area is 204 Å². The minimum Gasteiger partial charge on any atom is -0.480 e. The van der Waals surface area contributed by atoms with Gasteiger partial charge in [-0.05, 0) is 42.7 Å². The number of carbonyl (C=O) groups excluding carboxylic acids is 1. The van der Waals surface area contributed by atoms with Gasteiger partial charge in [-0.2, -0.15) is 4.98 Å². The molecule has 3 aromatic rings.